The second-order valence-electron chi connectivity index (χ2n) is 4.21. The fraction of sp³-hybridized carbons (Fsp3) is 0.308. The van der Waals surface area contributed by atoms with Gasteiger partial charge in [0.15, 0.2) is 0 Å². The maximum Gasteiger partial charge on any atom is 0.412 e. The van der Waals surface area contributed by atoms with Gasteiger partial charge in [-0.3, -0.25) is 0 Å². The Kier molecular flexibility index (Phi) is 2.95. The van der Waals surface area contributed by atoms with E-state index in [1.54, 1.807) is 0 Å². The molecule has 16 heavy (non-hydrogen) atoms. The summed E-state index contributed by atoms with van der Waals surface area (Å²) in [6, 6.07) is 9.82. The maximum absolute atomic E-state index is 11.2. The van der Waals surface area contributed by atoms with E-state index in [0.717, 1.165) is 5.56 Å². The molecule has 0 bridgehead atoms. The molecule has 0 radical (unpaired) electrons. The Balaban J connectivity index is 2.26. The van der Waals surface area contributed by atoms with Crippen LogP contribution in [0.2, 0.25) is 0 Å². The Bertz CT molecular complexity index is 409. The van der Waals surface area contributed by atoms with Crippen LogP contribution in [-0.4, -0.2) is 12.1 Å². The zero-order chi connectivity index (χ0) is 11.5. The molecule has 1 N–H and O–H groups in total. The minimum Gasteiger partial charge on any atom is -0.413 e. The number of carbonyl (C=O) groups excluding carboxylic acids is 1. The lowest BCUT2D eigenvalue weighted by atomic mass is 10.0. The standard InChI is InChI=1S/C13H15NO2/c1-9(2)12-11(16-13(15)14-12)8-10-6-4-3-5-7-10/h3-9,12H,1-2H3,(H,14,15)/b11-8+. The van der Waals surface area contributed by atoms with Gasteiger partial charge < -0.3 is 10.1 Å². The van der Waals surface area contributed by atoms with Crippen LogP contribution in [0.3, 0.4) is 0 Å². The van der Waals surface area contributed by atoms with Crippen LogP contribution < -0.4 is 5.32 Å². The molecule has 0 aromatic heterocycles. The van der Waals surface area contributed by atoms with Gasteiger partial charge >= 0.3 is 6.09 Å². The molecule has 0 spiro atoms. The van der Waals surface area contributed by atoms with Gasteiger partial charge in [0.25, 0.3) is 0 Å². The highest BCUT2D eigenvalue weighted by atomic mass is 16.6. The lowest BCUT2D eigenvalue weighted by Crippen LogP contribution is -2.30. The number of hydrogen-bond acceptors (Lipinski definition) is 2. The van der Waals surface area contributed by atoms with E-state index in [2.05, 4.69) is 19.2 Å². The molecule has 2 rings (SSSR count). The van der Waals surface area contributed by atoms with Crippen LogP contribution in [0.4, 0.5) is 4.79 Å². The molecule has 1 saturated heterocycles. The third kappa shape index (κ3) is 2.24. The van der Waals surface area contributed by atoms with Crippen LogP contribution in [0.1, 0.15) is 19.4 Å². The van der Waals surface area contributed by atoms with Gasteiger partial charge in [-0.2, -0.15) is 0 Å². The van der Waals surface area contributed by atoms with Crippen molar-refractivity contribution >= 4 is 12.2 Å². The zero-order valence-corrected chi connectivity index (χ0v) is 9.44. The van der Waals surface area contributed by atoms with E-state index in [0.29, 0.717) is 11.7 Å². The SMILES string of the molecule is CC(C)C1NC(=O)O/C1=C/c1ccccc1. The molecule has 1 amide bonds. The fourth-order valence-electron chi connectivity index (χ4n) is 1.73. The molecule has 3 nitrogen and oxygen atoms in total. The van der Waals surface area contributed by atoms with Gasteiger partial charge in [-0.15, -0.1) is 0 Å². The summed E-state index contributed by atoms with van der Waals surface area (Å²) in [5.41, 5.74) is 1.04. The van der Waals surface area contributed by atoms with E-state index in [4.69, 9.17) is 4.74 Å². The number of hydrogen-bond donors (Lipinski definition) is 1. The average Bonchev–Trinajstić information content (AvgIpc) is 2.61. The number of benzene rings is 1. The summed E-state index contributed by atoms with van der Waals surface area (Å²) in [5.74, 6) is 1.02. The Morgan fingerprint density at radius 1 is 1.31 bits per heavy atom. The van der Waals surface area contributed by atoms with Gasteiger partial charge in [-0.1, -0.05) is 44.2 Å². The molecule has 3 heteroatoms. The van der Waals surface area contributed by atoms with Crippen LogP contribution in [-0.2, 0) is 4.74 Å². The summed E-state index contributed by atoms with van der Waals surface area (Å²) < 4.78 is 5.15. The van der Waals surface area contributed by atoms with Gasteiger partial charge in [0.2, 0.25) is 0 Å². The molecule has 1 unspecified atom stereocenters. The molecule has 1 aliphatic rings. The normalized spacial score (nSPS) is 22.3. The van der Waals surface area contributed by atoms with Crippen LogP contribution >= 0.6 is 0 Å². The van der Waals surface area contributed by atoms with E-state index < -0.39 is 0 Å². The Hall–Kier alpha value is -1.77. The second kappa shape index (κ2) is 4.39. The van der Waals surface area contributed by atoms with E-state index >= 15 is 0 Å². The highest BCUT2D eigenvalue weighted by molar-refractivity contribution is 5.75. The van der Waals surface area contributed by atoms with Gasteiger partial charge in [0, 0.05) is 0 Å². The first-order chi connectivity index (χ1) is 7.66. The van der Waals surface area contributed by atoms with E-state index in [1.807, 2.05) is 36.4 Å². The number of cyclic esters (lactones) is 1. The third-order valence-electron chi connectivity index (χ3n) is 2.57. The lowest BCUT2D eigenvalue weighted by molar-refractivity contribution is 0.195. The molecular weight excluding hydrogens is 202 g/mol. The number of ether oxygens (including phenoxy) is 1. The average molecular weight is 217 g/mol. The molecule has 0 saturated carbocycles. The molecule has 0 aliphatic carbocycles. The molecule has 1 atom stereocenters. The van der Waals surface area contributed by atoms with E-state index in [1.165, 1.54) is 0 Å². The van der Waals surface area contributed by atoms with Crippen molar-refractivity contribution in [2.45, 2.75) is 19.9 Å². The molecule has 84 valence electrons. The predicted octanol–water partition coefficient (Wildman–Crippen LogP) is 2.79. The van der Waals surface area contributed by atoms with E-state index in [-0.39, 0.29) is 12.1 Å². The monoisotopic (exact) mass is 217 g/mol. The number of nitrogens with one attached hydrogen (secondary N) is 1. The van der Waals surface area contributed by atoms with Crippen molar-refractivity contribution in [2.24, 2.45) is 5.92 Å². The number of amides is 1. The number of carbonyl (C=O) groups is 1. The molecule has 1 aromatic carbocycles. The first-order valence-corrected chi connectivity index (χ1v) is 5.42. The highest BCUT2D eigenvalue weighted by Gasteiger charge is 2.30. The van der Waals surface area contributed by atoms with Crippen molar-refractivity contribution < 1.29 is 9.53 Å². The Morgan fingerprint density at radius 3 is 2.62 bits per heavy atom. The van der Waals surface area contributed by atoms with E-state index in [9.17, 15) is 4.79 Å². The van der Waals surface area contributed by atoms with Crippen molar-refractivity contribution in [1.82, 2.24) is 5.32 Å². The third-order valence-corrected chi connectivity index (χ3v) is 2.57. The first kappa shape index (κ1) is 10.7. The molecular formula is C13H15NO2. The Labute approximate surface area is 95.1 Å². The molecule has 1 heterocycles. The van der Waals surface area contributed by atoms with Crippen molar-refractivity contribution in [3.63, 3.8) is 0 Å². The predicted molar refractivity (Wildman–Crippen MR) is 62.7 cm³/mol. The largest absolute Gasteiger partial charge is 0.413 e. The highest BCUT2D eigenvalue weighted by Crippen LogP contribution is 2.22. The summed E-state index contributed by atoms with van der Waals surface area (Å²) in [7, 11) is 0. The number of alkyl carbamates (subject to hydrolysis) is 1. The van der Waals surface area contributed by atoms with Crippen molar-refractivity contribution in [3.8, 4) is 0 Å². The van der Waals surface area contributed by atoms with Gasteiger partial charge in [-0.25, -0.2) is 4.79 Å². The quantitative estimate of drug-likeness (QED) is 0.827. The lowest BCUT2D eigenvalue weighted by Gasteiger charge is -2.12. The summed E-state index contributed by atoms with van der Waals surface area (Å²) in [6.07, 6.45) is 1.55. The Morgan fingerprint density at radius 2 is 2.00 bits per heavy atom. The van der Waals surface area contributed by atoms with Crippen molar-refractivity contribution in [3.05, 3.63) is 41.7 Å². The maximum atomic E-state index is 11.2. The van der Waals surface area contributed by atoms with Crippen LogP contribution in [0.15, 0.2) is 36.1 Å². The van der Waals surface area contributed by atoms with Crippen LogP contribution in [0.5, 0.6) is 0 Å². The minimum absolute atomic E-state index is 0.0206. The van der Waals surface area contributed by atoms with Gasteiger partial charge in [0.05, 0.1) is 6.04 Å². The smallest absolute Gasteiger partial charge is 0.412 e. The number of rotatable bonds is 2. The van der Waals surface area contributed by atoms with Crippen LogP contribution in [0, 0.1) is 5.92 Å². The summed E-state index contributed by atoms with van der Waals surface area (Å²) in [6.45, 7) is 4.11. The fourth-order valence-corrected chi connectivity index (χ4v) is 1.73. The van der Waals surface area contributed by atoms with Gasteiger partial charge in [0.1, 0.15) is 5.76 Å². The summed E-state index contributed by atoms with van der Waals surface area (Å²) in [5, 5.41) is 2.79. The van der Waals surface area contributed by atoms with Gasteiger partial charge in [-0.05, 0) is 17.6 Å². The zero-order valence-electron chi connectivity index (χ0n) is 9.44. The van der Waals surface area contributed by atoms with Crippen molar-refractivity contribution in [2.75, 3.05) is 0 Å². The van der Waals surface area contributed by atoms with Crippen LogP contribution in [0.25, 0.3) is 6.08 Å². The topological polar surface area (TPSA) is 38.3 Å². The summed E-state index contributed by atoms with van der Waals surface area (Å²) in [4.78, 5) is 11.2. The van der Waals surface area contributed by atoms with Crippen molar-refractivity contribution in [1.29, 1.82) is 0 Å². The minimum atomic E-state index is -0.360. The molecule has 1 fully saturated rings. The molecule has 1 aliphatic heterocycles. The second-order valence-corrected chi connectivity index (χ2v) is 4.21. The summed E-state index contributed by atoms with van der Waals surface area (Å²) >= 11 is 0. The first-order valence-electron chi connectivity index (χ1n) is 5.42. The molecule has 1 aromatic rings.